The van der Waals surface area contributed by atoms with Crippen molar-refractivity contribution in [2.45, 2.75) is 84.1 Å². The number of amidine groups is 1. The molecule has 0 aromatic carbocycles. The maximum atomic E-state index is 10.6. The van der Waals surface area contributed by atoms with E-state index < -0.39 is 12.0 Å². The summed E-state index contributed by atoms with van der Waals surface area (Å²) in [5.41, 5.74) is 11.6. The van der Waals surface area contributed by atoms with E-state index in [2.05, 4.69) is 18.8 Å². The number of nitrogens with two attached hydrogens (primary N) is 2. The van der Waals surface area contributed by atoms with Crippen LogP contribution in [0, 0.1) is 5.92 Å². The molecule has 5 nitrogen and oxygen atoms in total. The monoisotopic (exact) mass is 313 g/mol. The maximum absolute atomic E-state index is 10.6. The molecule has 0 aromatic heterocycles. The van der Waals surface area contributed by atoms with E-state index in [1.165, 1.54) is 38.5 Å². The van der Waals surface area contributed by atoms with Crippen molar-refractivity contribution in [2.24, 2.45) is 22.4 Å². The first kappa shape index (κ1) is 20.9. The van der Waals surface area contributed by atoms with Crippen LogP contribution in [0.2, 0.25) is 0 Å². The van der Waals surface area contributed by atoms with Crippen LogP contribution in [0.1, 0.15) is 78.1 Å². The second-order valence-corrected chi connectivity index (χ2v) is 6.08. The van der Waals surface area contributed by atoms with Crippen molar-refractivity contribution in [3.63, 3.8) is 0 Å². The Morgan fingerprint density at radius 1 is 1.00 bits per heavy atom. The molecule has 0 aliphatic rings. The molecule has 0 aliphatic carbocycles. The van der Waals surface area contributed by atoms with Gasteiger partial charge in [-0.15, -0.1) is 0 Å². The molecule has 5 N–H and O–H groups in total. The van der Waals surface area contributed by atoms with Gasteiger partial charge in [-0.1, -0.05) is 52.4 Å². The second-order valence-electron chi connectivity index (χ2n) is 6.08. The van der Waals surface area contributed by atoms with Gasteiger partial charge in [-0.25, -0.2) is 0 Å². The van der Waals surface area contributed by atoms with Gasteiger partial charge in [0.25, 0.3) is 0 Å². The minimum Gasteiger partial charge on any atom is -0.480 e. The summed E-state index contributed by atoms with van der Waals surface area (Å²) in [4.78, 5) is 15.1. The number of hydrogen-bond acceptors (Lipinski definition) is 3. The molecule has 0 heterocycles. The fourth-order valence-corrected chi connectivity index (χ4v) is 2.49. The SMILES string of the molecule is CCCCCC(CCCCC)C(N)=NCCCC(N)C(=O)O. The smallest absolute Gasteiger partial charge is 0.320 e. The number of rotatable bonds is 14. The minimum absolute atomic E-state index is 0.381. The zero-order chi connectivity index (χ0) is 16.8. The summed E-state index contributed by atoms with van der Waals surface area (Å²) in [6.07, 6.45) is 10.7. The highest BCUT2D eigenvalue weighted by molar-refractivity contribution is 5.82. The number of unbranched alkanes of at least 4 members (excludes halogenated alkanes) is 4. The van der Waals surface area contributed by atoms with Crippen molar-refractivity contribution in [3.8, 4) is 0 Å². The van der Waals surface area contributed by atoms with Gasteiger partial charge >= 0.3 is 5.97 Å². The number of nitrogens with zero attached hydrogens (tertiary/aromatic N) is 1. The molecule has 0 aliphatic heterocycles. The van der Waals surface area contributed by atoms with Crippen LogP contribution in [-0.2, 0) is 4.79 Å². The molecule has 0 spiro atoms. The molecule has 0 saturated carbocycles. The van der Waals surface area contributed by atoms with Gasteiger partial charge in [0, 0.05) is 12.5 Å². The van der Waals surface area contributed by atoms with E-state index in [-0.39, 0.29) is 0 Å². The van der Waals surface area contributed by atoms with E-state index in [1.807, 2.05) is 0 Å². The molecule has 0 saturated heterocycles. The zero-order valence-corrected chi connectivity index (χ0v) is 14.4. The van der Waals surface area contributed by atoms with Gasteiger partial charge in [-0.3, -0.25) is 9.79 Å². The summed E-state index contributed by atoms with van der Waals surface area (Å²) in [6.45, 7) is 4.98. The third-order valence-electron chi connectivity index (χ3n) is 4.02. The molecule has 0 rings (SSSR count). The van der Waals surface area contributed by atoms with Crippen LogP contribution >= 0.6 is 0 Å². The molecule has 1 unspecified atom stereocenters. The van der Waals surface area contributed by atoms with Gasteiger partial charge in [0.2, 0.25) is 0 Å². The van der Waals surface area contributed by atoms with Crippen LogP contribution in [0.4, 0.5) is 0 Å². The molecule has 0 fully saturated rings. The van der Waals surface area contributed by atoms with Crippen molar-refractivity contribution >= 4 is 11.8 Å². The lowest BCUT2D eigenvalue weighted by atomic mass is 9.94. The van der Waals surface area contributed by atoms with Crippen LogP contribution in [0.3, 0.4) is 0 Å². The summed E-state index contributed by atoms with van der Waals surface area (Å²) < 4.78 is 0. The van der Waals surface area contributed by atoms with Crippen LogP contribution < -0.4 is 11.5 Å². The van der Waals surface area contributed by atoms with Crippen molar-refractivity contribution in [1.29, 1.82) is 0 Å². The lowest BCUT2D eigenvalue weighted by Gasteiger charge is -2.16. The molecule has 0 amide bonds. The quantitative estimate of drug-likeness (QED) is 0.260. The minimum atomic E-state index is -0.950. The first-order valence-electron chi connectivity index (χ1n) is 8.81. The third kappa shape index (κ3) is 10.6. The molecule has 0 bridgehead atoms. The maximum Gasteiger partial charge on any atom is 0.320 e. The highest BCUT2D eigenvalue weighted by Crippen LogP contribution is 2.18. The zero-order valence-electron chi connectivity index (χ0n) is 14.4. The summed E-state index contributed by atoms with van der Waals surface area (Å²) in [5, 5.41) is 8.73. The Balaban J connectivity index is 4.23. The normalized spacial score (nSPS) is 13.5. The van der Waals surface area contributed by atoms with Crippen LogP contribution in [-0.4, -0.2) is 29.5 Å². The molecule has 130 valence electrons. The third-order valence-corrected chi connectivity index (χ3v) is 4.02. The van der Waals surface area contributed by atoms with Gasteiger partial charge in [0.05, 0.1) is 5.84 Å². The van der Waals surface area contributed by atoms with Crippen LogP contribution in [0.5, 0.6) is 0 Å². The highest BCUT2D eigenvalue weighted by atomic mass is 16.4. The largest absolute Gasteiger partial charge is 0.480 e. The van der Waals surface area contributed by atoms with Gasteiger partial charge in [0.1, 0.15) is 6.04 Å². The molecule has 22 heavy (non-hydrogen) atoms. The summed E-state index contributed by atoms with van der Waals surface area (Å²) in [7, 11) is 0. The first-order chi connectivity index (χ1) is 10.5. The number of aliphatic carboxylic acids is 1. The van der Waals surface area contributed by atoms with Gasteiger partial charge < -0.3 is 16.6 Å². The van der Waals surface area contributed by atoms with Crippen LogP contribution in [0.15, 0.2) is 4.99 Å². The lowest BCUT2D eigenvalue weighted by Crippen LogP contribution is -2.30. The number of aliphatic imine (C=N–C) groups is 1. The van der Waals surface area contributed by atoms with Gasteiger partial charge in [0.15, 0.2) is 0 Å². The summed E-state index contributed by atoms with van der Waals surface area (Å²) >= 11 is 0. The Hall–Kier alpha value is -1.10. The van der Waals surface area contributed by atoms with Crippen molar-refractivity contribution in [2.75, 3.05) is 6.54 Å². The van der Waals surface area contributed by atoms with Crippen molar-refractivity contribution in [1.82, 2.24) is 0 Å². The second kappa shape index (κ2) is 13.6. The Kier molecular flexibility index (Phi) is 12.9. The molecule has 1 atom stereocenters. The molecular weight excluding hydrogens is 278 g/mol. The predicted molar refractivity (Wildman–Crippen MR) is 93.1 cm³/mol. The Bertz CT molecular complexity index is 309. The topological polar surface area (TPSA) is 102 Å². The number of carboxylic acids is 1. The number of hydrogen-bond donors (Lipinski definition) is 3. The Labute approximate surface area is 135 Å². The van der Waals surface area contributed by atoms with Gasteiger partial charge in [-0.2, -0.15) is 0 Å². The number of carbonyl (C=O) groups is 1. The Morgan fingerprint density at radius 2 is 1.55 bits per heavy atom. The summed E-state index contributed by atoms with van der Waals surface area (Å²) in [5.74, 6) is 0.177. The van der Waals surface area contributed by atoms with E-state index in [1.54, 1.807) is 0 Å². The molecular formula is C17H35N3O2. The van der Waals surface area contributed by atoms with E-state index in [0.29, 0.717) is 25.3 Å². The average molecular weight is 313 g/mol. The lowest BCUT2D eigenvalue weighted by molar-refractivity contribution is -0.138. The molecule has 0 radical (unpaired) electrons. The van der Waals surface area contributed by atoms with Crippen molar-refractivity contribution < 1.29 is 9.90 Å². The fraction of sp³-hybridized carbons (Fsp3) is 0.882. The first-order valence-corrected chi connectivity index (χ1v) is 8.81. The highest BCUT2D eigenvalue weighted by Gasteiger charge is 2.13. The Morgan fingerprint density at radius 3 is 2.00 bits per heavy atom. The molecule has 0 aromatic rings. The van der Waals surface area contributed by atoms with E-state index in [4.69, 9.17) is 16.6 Å². The average Bonchev–Trinajstić information content (AvgIpc) is 2.49. The fourth-order valence-electron chi connectivity index (χ4n) is 2.49. The van der Waals surface area contributed by atoms with Gasteiger partial charge in [-0.05, 0) is 25.7 Å². The van der Waals surface area contributed by atoms with E-state index in [9.17, 15) is 4.79 Å². The van der Waals surface area contributed by atoms with Crippen LogP contribution in [0.25, 0.3) is 0 Å². The predicted octanol–water partition coefficient (Wildman–Crippen LogP) is 3.31. The molecule has 5 heteroatoms. The van der Waals surface area contributed by atoms with Crippen molar-refractivity contribution in [3.05, 3.63) is 0 Å². The van der Waals surface area contributed by atoms with E-state index >= 15 is 0 Å². The summed E-state index contributed by atoms with van der Waals surface area (Å²) in [6, 6.07) is -0.790. The number of carboxylic acid groups (broad SMARTS) is 1. The van der Waals surface area contributed by atoms with E-state index in [0.717, 1.165) is 18.7 Å². The standard InChI is InChI=1S/C17H35N3O2/c1-3-5-7-10-14(11-8-6-4-2)16(19)20-13-9-12-15(18)17(21)22/h14-15H,3-13,18H2,1-2H3,(H2,19,20)(H,21,22).